The van der Waals surface area contributed by atoms with Crippen molar-refractivity contribution < 1.29 is 13.9 Å². The van der Waals surface area contributed by atoms with Gasteiger partial charge in [-0.15, -0.1) is 0 Å². The Hall–Kier alpha value is -0.480. The zero-order valence-corrected chi connectivity index (χ0v) is 10.2. The van der Waals surface area contributed by atoms with Crippen LogP contribution < -0.4 is 0 Å². The minimum atomic E-state index is -1.20. The Morgan fingerprint density at radius 2 is 2.07 bits per heavy atom. The van der Waals surface area contributed by atoms with Crippen LogP contribution in [0, 0.1) is 5.82 Å². The highest BCUT2D eigenvalue weighted by atomic mass is 79.9. The topological polar surface area (TPSA) is 20.2 Å². The minimum absolute atomic E-state index is 0.316. The molecule has 0 aliphatic heterocycles. The predicted octanol–water partition coefficient (Wildman–Crippen LogP) is 3.20. The van der Waals surface area contributed by atoms with E-state index in [4.69, 9.17) is 0 Å². The molecule has 0 radical (unpaired) electrons. The first kappa shape index (κ1) is 12.6. The molecule has 0 fully saturated rings. The van der Waals surface area contributed by atoms with Gasteiger partial charge in [0.2, 0.25) is 0 Å². The van der Waals surface area contributed by atoms with Crippen LogP contribution in [0.25, 0.3) is 0 Å². The van der Waals surface area contributed by atoms with Gasteiger partial charge in [-0.05, 0) is 17.7 Å². The van der Waals surface area contributed by atoms with Crippen molar-refractivity contribution in [3.05, 3.63) is 34.1 Å². The first-order valence-electron chi connectivity index (χ1n) is 4.59. The van der Waals surface area contributed by atoms with Gasteiger partial charge in [0.1, 0.15) is 12.5 Å². The van der Waals surface area contributed by atoms with E-state index in [1.54, 1.807) is 26.0 Å². The molecule has 1 nitrogen and oxygen atoms in total. The number of aliphatic hydroxyl groups is 1. The summed E-state index contributed by atoms with van der Waals surface area (Å²) < 4.78 is 26.6. The van der Waals surface area contributed by atoms with Gasteiger partial charge >= 0.3 is 0 Å². The molecule has 0 aromatic heterocycles. The van der Waals surface area contributed by atoms with Gasteiger partial charge in [0.25, 0.3) is 0 Å². The zero-order valence-electron chi connectivity index (χ0n) is 8.60. The first-order chi connectivity index (χ1) is 6.89. The molecule has 0 spiro atoms. The monoisotopic (exact) mass is 278 g/mol. The first-order valence-corrected chi connectivity index (χ1v) is 5.38. The molecule has 1 unspecified atom stereocenters. The summed E-state index contributed by atoms with van der Waals surface area (Å²) in [6, 6.07) is 4.53. The second-order valence-electron chi connectivity index (χ2n) is 4.02. The number of halogens is 3. The van der Waals surface area contributed by atoms with E-state index in [2.05, 4.69) is 15.9 Å². The second-order valence-corrected chi connectivity index (χ2v) is 4.93. The molecule has 1 aromatic carbocycles. The molecule has 0 saturated heterocycles. The summed E-state index contributed by atoms with van der Waals surface area (Å²) in [4.78, 5) is 0. The van der Waals surface area contributed by atoms with Gasteiger partial charge < -0.3 is 5.11 Å². The van der Waals surface area contributed by atoms with E-state index in [-0.39, 0.29) is 0 Å². The van der Waals surface area contributed by atoms with Crippen LogP contribution in [0.15, 0.2) is 22.7 Å². The molecule has 0 amide bonds. The van der Waals surface area contributed by atoms with Crippen molar-refractivity contribution in [2.45, 2.75) is 25.4 Å². The SMILES string of the molecule is CC(C)(c1ccc(Br)cc1F)C(O)CF. The Morgan fingerprint density at radius 3 is 2.53 bits per heavy atom. The summed E-state index contributed by atoms with van der Waals surface area (Å²) in [6.45, 7) is 2.34. The Bertz CT molecular complexity index is 352. The van der Waals surface area contributed by atoms with Crippen molar-refractivity contribution in [2.24, 2.45) is 0 Å². The van der Waals surface area contributed by atoms with Crippen molar-refractivity contribution >= 4 is 15.9 Å². The number of hydrogen-bond acceptors (Lipinski definition) is 1. The predicted molar refractivity (Wildman–Crippen MR) is 59.1 cm³/mol. The fraction of sp³-hybridized carbons (Fsp3) is 0.455. The van der Waals surface area contributed by atoms with Crippen LogP contribution in [0.3, 0.4) is 0 Å². The summed E-state index contributed by atoms with van der Waals surface area (Å²) in [5.41, 5.74) is -0.615. The molecule has 0 saturated carbocycles. The van der Waals surface area contributed by atoms with Crippen LogP contribution in [0.1, 0.15) is 19.4 Å². The Morgan fingerprint density at radius 1 is 1.47 bits per heavy atom. The quantitative estimate of drug-likeness (QED) is 0.900. The van der Waals surface area contributed by atoms with E-state index in [1.165, 1.54) is 6.07 Å². The fourth-order valence-electron chi connectivity index (χ4n) is 1.38. The summed E-state index contributed by atoms with van der Waals surface area (Å²) in [5.74, 6) is -0.443. The van der Waals surface area contributed by atoms with Gasteiger partial charge in [-0.2, -0.15) is 0 Å². The van der Waals surface area contributed by atoms with E-state index >= 15 is 0 Å². The lowest BCUT2D eigenvalue weighted by Crippen LogP contribution is -2.36. The van der Waals surface area contributed by atoms with E-state index in [0.717, 1.165) is 0 Å². The summed E-state index contributed by atoms with van der Waals surface area (Å²) in [7, 11) is 0. The molecule has 4 heteroatoms. The molecule has 1 rings (SSSR count). The molecule has 0 aliphatic carbocycles. The van der Waals surface area contributed by atoms with E-state index in [1.807, 2.05) is 0 Å². The molecule has 1 N–H and O–H groups in total. The third-order valence-electron chi connectivity index (χ3n) is 2.60. The van der Waals surface area contributed by atoms with Gasteiger partial charge in [0.15, 0.2) is 0 Å². The Labute approximate surface area is 96.2 Å². The number of aliphatic hydroxyl groups excluding tert-OH is 1. The van der Waals surface area contributed by atoms with Gasteiger partial charge in [0, 0.05) is 9.89 Å². The maximum atomic E-state index is 13.6. The number of hydrogen-bond donors (Lipinski definition) is 1. The zero-order chi connectivity index (χ0) is 11.6. The van der Waals surface area contributed by atoms with Crippen molar-refractivity contribution in [3.63, 3.8) is 0 Å². The molecule has 0 aliphatic rings. The number of alkyl halides is 1. The average Bonchev–Trinajstić information content (AvgIpc) is 2.15. The van der Waals surface area contributed by atoms with Gasteiger partial charge in [0.05, 0.1) is 6.10 Å². The van der Waals surface area contributed by atoms with E-state index in [0.29, 0.717) is 10.0 Å². The molecule has 0 heterocycles. The highest BCUT2D eigenvalue weighted by Gasteiger charge is 2.32. The summed E-state index contributed by atoms with van der Waals surface area (Å²) >= 11 is 3.14. The maximum Gasteiger partial charge on any atom is 0.128 e. The lowest BCUT2D eigenvalue weighted by Gasteiger charge is -2.29. The Balaban J connectivity index is 3.15. The number of benzene rings is 1. The smallest absolute Gasteiger partial charge is 0.128 e. The average molecular weight is 279 g/mol. The summed E-state index contributed by atoms with van der Waals surface area (Å²) in [6.07, 6.45) is -1.20. The second kappa shape index (κ2) is 4.58. The van der Waals surface area contributed by atoms with Crippen molar-refractivity contribution in [1.29, 1.82) is 0 Å². The van der Waals surface area contributed by atoms with Crippen LogP contribution in [0.2, 0.25) is 0 Å². The maximum absolute atomic E-state index is 13.6. The Kier molecular flexibility index (Phi) is 3.84. The molecule has 1 atom stereocenters. The van der Waals surface area contributed by atoms with Gasteiger partial charge in [-0.25, -0.2) is 8.78 Å². The van der Waals surface area contributed by atoms with Crippen molar-refractivity contribution in [2.75, 3.05) is 6.67 Å². The molecular formula is C11H13BrF2O. The van der Waals surface area contributed by atoms with Crippen molar-refractivity contribution in [3.8, 4) is 0 Å². The lowest BCUT2D eigenvalue weighted by atomic mass is 9.79. The van der Waals surface area contributed by atoms with Crippen LogP contribution in [0.5, 0.6) is 0 Å². The van der Waals surface area contributed by atoms with Crippen molar-refractivity contribution in [1.82, 2.24) is 0 Å². The standard InChI is InChI=1S/C11H13BrF2O/c1-11(2,10(15)6-13)8-4-3-7(12)5-9(8)14/h3-5,10,15H,6H2,1-2H3. The highest BCUT2D eigenvalue weighted by molar-refractivity contribution is 9.10. The molecule has 84 valence electrons. The largest absolute Gasteiger partial charge is 0.389 e. The normalized spacial score (nSPS) is 14.0. The van der Waals surface area contributed by atoms with Gasteiger partial charge in [-0.1, -0.05) is 35.8 Å². The molecular weight excluding hydrogens is 266 g/mol. The van der Waals surface area contributed by atoms with Crippen LogP contribution >= 0.6 is 15.9 Å². The third kappa shape index (κ3) is 2.55. The van der Waals surface area contributed by atoms with Gasteiger partial charge in [-0.3, -0.25) is 0 Å². The number of rotatable bonds is 3. The fourth-order valence-corrected chi connectivity index (χ4v) is 1.72. The molecule has 1 aromatic rings. The van der Waals surface area contributed by atoms with E-state index < -0.39 is 24.0 Å². The summed E-state index contributed by atoms with van der Waals surface area (Å²) in [5, 5.41) is 9.48. The minimum Gasteiger partial charge on any atom is -0.389 e. The molecule has 0 bridgehead atoms. The third-order valence-corrected chi connectivity index (χ3v) is 3.10. The highest BCUT2D eigenvalue weighted by Crippen LogP contribution is 2.31. The van der Waals surface area contributed by atoms with Crippen LogP contribution in [-0.2, 0) is 5.41 Å². The van der Waals surface area contributed by atoms with Crippen LogP contribution in [0.4, 0.5) is 8.78 Å². The molecule has 15 heavy (non-hydrogen) atoms. The van der Waals surface area contributed by atoms with E-state index in [9.17, 15) is 13.9 Å². The lowest BCUT2D eigenvalue weighted by molar-refractivity contribution is 0.0720. The van der Waals surface area contributed by atoms with Crippen LogP contribution in [-0.4, -0.2) is 17.9 Å².